The molecule has 0 amide bonds. The van der Waals surface area contributed by atoms with Crippen LogP contribution in [0.5, 0.6) is 5.75 Å². The Labute approximate surface area is 84.9 Å². The number of methoxy groups -OCH3 is 1. The van der Waals surface area contributed by atoms with Gasteiger partial charge in [-0.3, -0.25) is 0 Å². The first-order chi connectivity index (χ1) is 6.81. The SMILES string of the molecule is CCC.COc1ccc2cc[nH]c2c1. The Balaban J connectivity index is 0.000000293. The summed E-state index contributed by atoms with van der Waals surface area (Å²) < 4.78 is 5.07. The molecular formula is C12H17NO. The topological polar surface area (TPSA) is 25.0 Å². The monoisotopic (exact) mass is 191 g/mol. The average molecular weight is 191 g/mol. The lowest BCUT2D eigenvalue weighted by atomic mass is 10.2. The highest BCUT2D eigenvalue weighted by atomic mass is 16.5. The summed E-state index contributed by atoms with van der Waals surface area (Å²) >= 11 is 0. The maximum absolute atomic E-state index is 5.07. The van der Waals surface area contributed by atoms with Crippen molar-refractivity contribution in [3.63, 3.8) is 0 Å². The number of aromatic amines is 1. The van der Waals surface area contributed by atoms with Crippen LogP contribution in [0.2, 0.25) is 0 Å². The Morgan fingerprint density at radius 1 is 1.21 bits per heavy atom. The van der Waals surface area contributed by atoms with Crippen molar-refractivity contribution in [3.05, 3.63) is 30.5 Å². The van der Waals surface area contributed by atoms with Gasteiger partial charge in [-0.25, -0.2) is 0 Å². The Hall–Kier alpha value is -1.44. The molecule has 2 nitrogen and oxygen atoms in total. The molecule has 2 aromatic rings. The third kappa shape index (κ3) is 2.52. The van der Waals surface area contributed by atoms with Crippen LogP contribution < -0.4 is 4.74 Å². The van der Waals surface area contributed by atoms with Gasteiger partial charge in [-0.15, -0.1) is 0 Å². The van der Waals surface area contributed by atoms with Crippen LogP contribution in [0, 0.1) is 0 Å². The maximum Gasteiger partial charge on any atom is 0.120 e. The van der Waals surface area contributed by atoms with Gasteiger partial charge in [-0.2, -0.15) is 0 Å². The Morgan fingerprint density at radius 3 is 2.57 bits per heavy atom. The van der Waals surface area contributed by atoms with Crippen molar-refractivity contribution >= 4 is 10.9 Å². The molecular weight excluding hydrogens is 174 g/mol. The lowest BCUT2D eigenvalue weighted by molar-refractivity contribution is 0.415. The van der Waals surface area contributed by atoms with Gasteiger partial charge >= 0.3 is 0 Å². The third-order valence-corrected chi connectivity index (χ3v) is 1.76. The van der Waals surface area contributed by atoms with E-state index in [1.165, 1.54) is 11.8 Å². The van der Waals surface area contributed by atoms with Crippen LogP contribution >= 0.6 is 0 Å². The average Bonchev–Trinajstić information content (AvgIpc) is 2.65. The molecule has 0 saturated carbocycles. The molecule has 0 spiro atoms. The van der Waals surface area contributed by atoms with Crippen LogP contribution in [-0.2, 0) is 0 Å². The predicted molar refractivity (Wildman–Crippen MR) is 60.8 cm³/mol. The molecule has 0 aliphatic rings. The van der Waals surface area contributed by atoms with Crippen LogP contribution in [0.1, 0.15) is 20.3 Å². The fourth-order valence-corrected chi connectivity index (χ4v) is 1.15. The van der Waals surface area contributed by atoms with E-state index in [0.717, 1.165) is 11.3 Å². The molecule has 0 atom stereocenters. The Kier molecular flexibility index (Phi) is 4.05. The zero-order chi connectivity index (χ0) is 10.4. The van der Waals surface area contributed by atoms with Crippen molar-refractivity contribution in [1.29, 1.82) is 0 Å². The summed E-state index contributed by atoms with van der Waals surface area (Å²) in [6.45, 7) is 4.25. The maximum atomic E-state index is 5.07. The minimum absolute atomic E-state index is 0.889. The van der Waals surface area contributed by atoms with Gasteiger partial charge in [0.2, 0.25) is 0 Å². The zero-order valence-electron chi connectivity index (χ0n) is 9.00. The van der Waals surface area contributed by atoms with Crippen molar-refractivity contribution in [2.24, 2.45) is 0 Å². The van der Waals surface area contributed by atoms with E-state index in [0.29, 0.717) is 0 Å². The minimum atomic E-state index is 0.889. The number of benzene rings is 1. The number of ether oxygens (including phenoxy) is 1. The largest absolute Gasteiger partial charge is 0.497 e. The summed E-state index contributed by atoms with van der Waals surface area (Å²) in [5, 5.41) is 1.21. The van der Waals surface area contributed by atoms with Crippen molar-refractivity contribution in [1.82, 2.24) is 4.98 Å². The molecule has 76 valence electrons. The van der Waals surface area contributed by atoms with E-state index < -0.39 is 0 Å². The van der Waals surface area contributed by atoms with Crippen LogP contribution in [-0.4, -0.2) is 12.1 Å². The van der Waals surface area contributed by atoms with Crippen molar-refractivity contribution in [2.45, 2.75) is 20.3 Å². The first-order valence-corrected chi connectivity index (χ1v) is 4.93. The molecule has 1 N–H and O–H groups in total. The smallest absolute Gasteiger partial charge is 0.120 e. The molecule has 1 aromatic heterocycles. The van der Waals surface area contributed by atoms with E-state index in [-0.39, 0.29) is 0 Å². The van der Waals surface area contributed by atoms with E-state index >= 15 is 0 Å². The van der Waals surface area contributed by atoms with Crippen LogP contribution in [0.15, 0.2) is 30.5 Å². The number of nitrogens with one attached hydrogen (secondary N) is 1. The summed E-state index contributed by atoms with van der Waals surface area (Å²) in [5.41, 5.74) is 1.12. The highest BCUT2D eigenvalue weighted by Gasteiger charge is 1.94. The Bertz CT molecular complexity index is 378. The summed E-state index contributed by atoms with van der Waals surface area (Å²) in [7, 11) is 1.67. The molecule has 0 bridgehead atoms. The highest BCUT2D eigenvalue weighted by Crippen LogP contribution is 2.18. The molecule has 1 aromatic carbocycles. The van der Waals surface area contributed by atoms with Crippen molar-refractivity contribution in [3.8, 4) is 5.75 Å². The van der Waals surface area contributed by atoms with Gasteiger partial charge in [-0.05, 0) is 23.6 Å². The van der Waals surface area contributed by atoms with E-state index in [9.17, 15) is 0 Å². The number of hydrogen-bond donors (Lipinski definition) is 1. The van der Waals surface area contributed by atoms with E-state index in [2.05, 4.69) is 18.8 Å². The van der Waals surface area contributed by atoms with E-state index in [1.807, 2.05) is 30.5 Å². The third-order valence-electron chi connectivity index (χ3n) is 1.76. The van der Waals surface area contributed by atoms with Crippen LogP contribution in [0.4, 0.5) is 0 Å². The lowest BCUT2D eigenvalue weighted by Crippen LogP contribution is -1.80. The number of hydrogen-bond acceptors (Lipinski definition) is 1. The second-order valence-corrected chi connectivity index (χ2v) is 3.14. The standard InChI is InChI=1S/C9H9NO.C3H8/c1-11-8-3-2-7-4-5-10-9(7)6-8;1-3-2/h2-6,10H,1H3;3H2,1-2H3. The number of rotatable bonds is 1. The van der Waals surface area contributed by atoms with Crippen molar-refractivity contribution < 1.29 is 4.74 Å². The molecule has 0 radical (unpaired) electrons. The predicted octanol–water partition coefficient (Wildman–Crippen LogP) is 3.59. The fraction of sp³-hybridized carbons (Fsp3) is 0.333. The number of fused-ring (bicyclic) bond motifs is 1. The van der Waals surface area contributed by atoms with Gasteiger partial charge in [0, 0.05) is 17.8 Å². The number of aromatic nitrogens is 1. The molecule has 0 unspecified atom stereocenters. The summed E-state index contributed by atoms with van der Waals surface area (Å²) in [4.78, 5) is 3.11. The molecule has 0 fully saturated rings. The lowest BCUT2D eigenvalue weighted by Gasteiger charge is -1.97. The Morgan fingerprint density at radius 2 is 1.93 bits per heavy atom. The molecule has 14 heavy (non-hydrogen) atoms. The van der Waals surface area contributed by atoms with E-state index in [1.54, 1.807) is 7.11 Å². The zero-order valence-corrected chi connectivity index (χ0v) is 9.00. The first-order valence-electron chi connectivity index (χ1n) is 4.93. The molecule has 0 aliphatic heterocycles. The van der Waals surface area contributed by atoms with Gasteiger partial charge in [0.15, 0.2) is 0 Å². The summed E-state index contributed by atoms with van der Waals surface area (Å²) in [6.07, 6.45) is 3.17. The number of H-pyrrole nitrogens is 1. The van der Waals surface area contributed by atoms with Gasteiger partial charge in [-0.1, -0.05) is 20.3 Å². The van der Waals surface area contributed by atoms with E-state index in [4.69, 9.17) is 4.74 Å². The summed E-state index contributed by atoms with van der Waals surface area (Å²) in [5.74, 6) is 0.889. The summed E-state index contributed by atoms with van der Waals surface area (Å²) in [6, 6.07) is 8.00. The fourth-order valence-electron chi connectivity index (χ4n) is 1.15. The molecule has 1 heterocycles. The molecule has 2 heteroatoms. The second-order valence-electron chi connectivity index (χ2n) is 3.14. The molecule has 0 saturated heterocycles. The van der Waals surface area contributed by atoms with Crippen LogP contribution in [0.3, 0.4) is 0 Å². The molecule has 0 aliphatic carbocycles. The second kappa shape index (κ2) is 5.32. The van der Waals surface area contributed by atoms with Crippen LogP contribution in [0.25, 0.3) is 10.9 Å². The first kappa shape index (κ1) is 10.6. The van der Waals surface area contributed by atoms with Gasteiger partial charge < -0.3 is 9.72 Å². The van der Waals surface area contributed by atoms with Gasteiger partial charge in [0.05, 0.1) is 7.11 Å². The quantitative estimate of drug-likeness (QED) is 0.732. The van der Waals surface area contributed by atoms with Gasteiger partial charge in [0.25, 0.3) is 0 Å². The minimum Gasteiger partial charge on any atom is -0.497 e. The highest BCUT2D eigenvalue weighted by molar-refractivity contribution is 5.80. The normalized spacial score (nSPS) is 9.36. The molecule has 2 rings (SSSR count). The van der Waals surface area contributed by atoms with Gasteiger partial charge in [0.1, 0.15) is 5.75 Å². The van der Waals surface area contributed by atoms with Crippen molar-refractivity contribution in [2.75, 3.05) is 7.11 Å².